The van der Waals surface area contributed by atoms with Crippen LogP contribution in [0.5, 0.6) is 0 Å². The van der Waals surface area contributed by atoms with Crippen LogP contribution in [0.15, 0.2) is 39.8 Å². The molecule has 0 spiro atoms. The standard InChI is InChI=1S/C17H17N3O3/c1-4-11-7-5-6-8-12(11)19-15(21)13-10(2)23-16-14(13)17(22)20(3)9-18-16/h5-9H,4H2,1-3H3,(H,19,21). The molecule has 0 fully saturated rings. The third kappa shape index (κ3) is 2.52. The van der Waals surface area contributed by atoms with Gasteiger partial charge in [-0.1, -0.05) is 25.1 Å². The number of furan rings is 1. The molecular formula is C17H17N3O3. The maximum atomic E-state index is 12.7. The van der Waals surface area contributed by atoms with Crippen LogP contribution in [0.25, 0.3) is 11.1 Å². The first-order valence-corrected chi connectivity index (χ1v) is 7.37. The molecule has 0 aliphatic heterocycles. The maximum absolute atomic E-state index is 12.7. The maximum Gasteiger partial charge on any atom is 0.265 e. The van der Waals surface area contributed by atoms with Crippen LogP contribution in [-0.2, 0) is 13.5 Å². The molecule has 0 aliphatic carbocycles. The predicted octanol–water partition coefficient (Wildman–Crippen LogP) is 2.65. The smallest absolute Gasteiger partial charge is 0.265 e. The van der Waals surface area contributed by atoms with Crippen LogP contribution in [0.2, 0.25) is 0 Å². The van der Waals surface area contributed by atoms with Crippen LogP contribution in [-0.4, -0.2) is 15.5 Å². The second kappa shape index (κ2) is 5.72. The highest BCUT2D eigenvalue weighted by Gasteiger charge is 2.22. The van der Waals surface area contributed by atoms with E-state index in [0.29, 0.717) is 5.76 Å². The molecule has 0 saturated carbocycles. The van der Waals surface area contributed by atoms with Crippen molar-refractivity contribution in [3.8, 4) is 0 Å². The topological polar surface area (TPSA) is 77.1 Å². The van der Waals surface area contributed by atoms with E-state index in [1.165, 1.54) is 10.9 Å². The number of nitrogens with zero attached hydrogens (tertiary/aromatic N) is 2. The van der Waals surface area contributed by atoms with Gasteiger partial charge in [0.15, 0.2) is 0 Å². The summed E-state index contributed by atoms with van der Waals surface area (Å²) in [4.78, 5) is 29.1. The quantitative estimate of drug-likeness (QED) is 0.806. The minimum atomic E-state index is -0.368. The first kappa shape index (κ1) is 15.0. The number of amides is 1. The minimum Gasteiger partial charge on any atom is -0.442 e. The SMILES string of the molecule is CCc1ccccc1NC(=O)c1c(C)oc2ncn(C)c(=O)c12. The number of anilines is 1. The number of fused-ring (bicyclic) bond motifs is 1. The lowest BCUT2D eigenvalue weighted by atomic mass is 10.1. The Morgan fingerprint density at radius 3 is 2.83 bits per heavy atom. The number of rotatable bonds is 3. The molecule has 6 heteroatoms. The third-order valence-electron chi connectivity index (χ3n) is 3.82. The van der Waals surface area contributed by atoms with Gasteiger partial charge in [0.2, 0.25) is 5.71 Å². The third-order valence-corrected chi connectivity index (χ3v) is 3.82. The van der Waals surface area contributed by atoms with Crippen LogP contribution in [0.4, 0.5) is 5.69 Å². The fourth-order valence-corrected chi connectivity index (χ4v) is 2.60. The molecule has 1 amide bonds. The van der Waals surface area contributed by atoms with E-state index >= 15 is 0 Å². The average molecular weight is 311 g/mol. The molecule has 0 bridgehead atoms. The van der Waals surface area contributed by atoms with Crippen LogP contribution in [0, 0.1) is 6.92 Å². The van der Waals surface area contributed by atoms with Gasteiger partial charge < -0.3 is 14.3 Å². The van der Waals surface area contributed by atoms with Gasteiger partial charge in [0.25, 0.3) is 11.5 Å². The Kier molecular flexibility index (Phi) is 3.73. The van der Waals surface area contributed by atoms with Crippen molar-refractivity contribution >= 4 is 22.7 Å². The molecule has 3 rings (SSSR count). The molecule has 2 aromatic heterocycles. The second-order valence-corrected chi connectivity index (χ2v) is 5.34. The van der Waals surface area contributed by atoms with Crippen molar-refractivity contribution in [1.82, 2.24) is 9.55 Å². The first-order chi connectivity index (χ1) is 11.0. The van der Waals surface area contributed by atoms with Gasteiger partial charge in [0, 0.05) is 12.7 Å². The average Bonchev–Trinajstić information content (AvgIpc) is 2.88. The summed E-state index contributed by atoms with van der Waals surface area (Å²) in [5.41, 5.74) is 1.87. The minimum absolute atomic E-state index is 0.180. The summed E-state index contributed by atoms with van der Waals surface area (Å²) < 4.78 is 6.79. The van der Waals surface area contributed by atoms with E-state index in [0.717, 1.165) is 17.7 Å². The van der Waals surface area contributed by atoms with Crippen molar-refractivity contribution in [3.63, 3.8) is 0 Å². The molecule has 2 heterocycles. The van der Waals surface area contributed by atoms with Crippen molar-refractivity contribution in [2.24, 2.45) is 7.05 Å². The highest BCUT2D eigenvalue weighted by molar-refractivity contribution is 6.12. The highest BCUT2D eigenvalue weighted by Crippen LogP contribution is 2.23. The zero-order valence-electron chi connectivity index (χ0n) is 13.2. The molecule has 0 aliphatic rings. The zero-order chi connectivity index (χ0) is 16.6. The van der Waals surface area contributed by atoms with Crippen LogP contribution in [0.1, 0.15) is 28.6 Å². The number of carbonyl (C=O) groups is 1. The normalized spacial score (nSPS) is 10.9. The molecule has 1 aromatic carbocycles. The number of carbonyl (C=O) groups excluding carboxylic acids is 1. The lowest BCUT2D eigenvalue weighted by Gasteiger charge is -2.09. The Bertz CT molecular complexity index is 953. The largest absolute Gasteiger partial charge is 0.442 e. The van der Waals surface area contributed by atoms with Crippen molar-refractivity contribution in [2.75, 3.05) is 5.32 Å². The van der Waals surface area contributed by atoms with Gasteiger partial charge in [-0.3, -0.25) is 9.59 Å². The molecule has 118 valence electrons. The summed E-state index contributed by atoms with van der Waals surface area (Å²) in [5.74, 6) is 0.00882. The van der Waals surface area contributed by atoms with Gasteiger partial charge in [0.05, 0.1) is 5.56 Å². The number of aryl methyl sites for hydroxylation is 3. The van der Waals surface area contributed by atoms with Gasteiger partial charge in [-0.05, 0) is 25.0 Å². The van der Waals surface area contributed by atoms with Gasteiger partial charge >= 0.3 is 0 Å². The molecule has 0 saturated heterocycles. The molecule has 6 nitrogen and oxygen atoms in total. The van der Waals surface area contributed by atoms with Crippen molar-refractivity contribution < 1.29 is 9.21 Å². The number of aromatic nitrogens is 2. The Hall–Kier alpha value is -2.89. The Labute approximate surface area is 132 Å². The summed E-state index contributed by atoms with van der Waals surface area (Å²) in [5, 5.41) is 3.08. The Balaban J connectivity index is 2.10. The Morgan fingerprint density at radius 1 is 1.35 bits per heavy atom. The van der Waals surface area contributed by atoms with E-state index in [1.807, 2.05) is 31.2 Å². The van der Waals surface area contributed by atoms with E-state index in [9.17, 15) is 9.59 Å². The zero-order valence-corrected chi connectivity index (χ0v) is 13.2. The second-order valence-electron chi connectivity index (χ2n) is 5.34. The first-order valence-electron chi connectivity index (χ1n) is 7.37. The van der Waals surface area contributed by atoms with E-state index < -0.39 is 0 Å². The van der Waals surface area contributed by atoms with E-state index in [2.05, 4.69) is 10.3 Å². The number of para-hydroxylation sites is 1. The van der Waals surface area contributed by atoms with E-state index in [-0.39, 0.29) is 28.1 Å². The summed E-state index contributed by atoms with van der Waals surface area (Å²) in [6, 6.07) is 7.57. The van der Waals surface area contributed by atoms with Crippen LogP contribution < -0.4 is 10.9 Å². The molecule has 3 aromatic rings. The van der Waals surface area contributed by atoms with Gasteiger partial charge in [-0.2, -0.15) is 0 Å². The van der Waals surface area contributed by atoms with Gasteiger partial charge in [-0.15, -0.1) is 0 Å². The fraction of sp³-hybridized carbons (Fsp3) is 0.235. The molecule has 0 unspecified atom stereocenters. The molecule has 1 N–H and O–H groups in total. The number of nitrogens with one attached hydrogen (secondary N) is 1. The van der Waals surface area contributed by atoms with Gasteiger partial charge in [-0.25, -0.2) is 4.98 Å². The molecule has 0 atom stereocenters. The Morgan fingerprint density at radius 2 is 2.09 bits per heavy atom. The highest BCUT2D eigenvalue weighted by atomic mass is 16.3. The number of benzene rings is 1. The predicted molar refractivity (Wildman–Crippen MR) is 87.8 cm³/mol. The summed E-state index contributed by atoms with van der Waals surface area (Å²) in [7, 11) is 1.59. The molecule has 0 radical (unpaired) electrons. The monoisotopic (exact) mass is 311 g/mol. The van der Waals surface area contributed by atoms with Crippen molar-refractivity contribution in [2.45, 2.75) is 20.3 Å². The number of hydrogen-bond donors (Lipinski definition) is 1. The van der Waals surface area contributed by atoms with E-state index in [1.54, 1.807) is 14.0 Å². The number of hydrogen-bond acceptors (Lipinski definition) is 4. The summed E-state index contributed by atoms with van der Waals surface area (Å²) in [6.07, 6.45) is 2.17. The summed E-state index contributed by atoms with van der Waals surface area (Å²) in [6.45, 7) is 3.67. The van der Waals surface area contributed by atoms with Crippen LogP contribution in [0.3, 0.4) is 0 Å². The van der Waals surface area contributed by atoms with Crippen molar-refractivity contribution in [3.05, 3.63) is 57.8 Å². The lowest BCUT2D eigenvalue weighted by molar-refractivity contribution is 0.102. The molecule has 23 heavy (non-hydrogen) atoms. The van der Waals surface area contributed by atoms with Crippen LogP contribution >= 0.6 is 0 Å². The fourth-order valence-electron chi connectivity index (χ4n) is 2.60. The summed E-state index contributed by atoms with van der Waals surface area (Å²) >= 11 is 0. The molecular weight excluding hydrogens is 294 g/mol. The van der Waals surface area contributed by atoms with Crippen molar-refractivity contribution in [1.29, 1.82) is 0 Å². The van der Waals surface area contributed by atoms with Gasteiger partial charge in [0.1, 0.15) is 17.5 Å². The van der Waals surface area contributed by atoms with E-state index in [4.69, 9.17) is 4.42 Å². The lowest BCUT2D eigenvalue weighted by Crippen LogP contribution is -2.21.